The normalized spacial score (nSPS) is 17.1. The van der Waals surface area contributed by atoms with Crippen molar-refractivity contribution in [3.05, 3.63) is 36.0 Å². The van der Waals surface area contributed by atoms with Crippen LogP contribution < -0.4 is 21.3 Å². The minimum Gasteiger partial charge on any atom is -0.480 e. The summed E-state index contributed by atoms with van der Waals surface area (Å²) >= 11 is 1.51. The van der Waals surface area contributed by atoms with E-state index in [0.29, 0.717) is 12.2 Å². The van der Waals surface area contributed by atoms with Gasteiger partial charge in [-0.3, -0.25) is 14.4 Å². The highest BCUT2D eigenvalue weighted by atomic mass is 32.2. The van der Waals surface area contributed by atoms with Crippen molar-refractivity contribution >= 4 is 46.4 Å². The molecular weight excluding hydrogens is 458 g/mol. The van der Waals surface area contributed by atoms with E-state index in [1.807, 2.05) is 30.5 Å². The number of carbonyl (C=O) groups excluding carboxylic acids is 3. The van der Waals surface area contributed by atoms with Gasteiger partial charge in [-0.05, 0) is 49.4 Å². The molecule has 184 valence electrons. The molecule has 34 heavy (non-hydrogen) atoms. The number of nitrogens with one attached hydrogen (secondary N) is 5. The summed E-state index contributed by atoms with van der Waals surface area (Å²) in [5, 5.41) is 21.4. The lowest BCUT2D eigenvalue weighted by Gasteiger charge is -2.21. The Balaban J connectivity index is 1.59. The Labute approximate surface area is 202 Å². The van der Waals surface area contributed by atoms with Crippen LogP contribution >= 0.6 is 11.8 Å². The number of hydrogen-bond acceptors (Lipinski definition) is 6. The number of aromatic amines is 1. The van der Waals surface area contributed by atoms with Gasteiger partial charge in [-0.25, -0.2) is 4.79 Å². The van der Waals surface area contributed by atoms with Crippen LogP contribution in [0.3, 0.4) is 0 Å². The second-order valence-corrected chi connectivity index (χ2v) is 9.22. The van der Waals surface area contributed by atoms with Crippen LogP contribution in [0.1, 0.15) is 24.8 Å². The topological polar surface area (TPSA) is 152 Å². The van der Waals surface area contributed by atoms with E-state index in [1.165, 1.54) is 11.8 Å². The first-order valence-corrected chi connectivity index (χ1v) is 12.7. The predicted molar refractivity (Wildman–Crippen MR) is 131 cm³/mol. The fraction of sp³-hybridized carbons (Fsp3) is 0.478. The average molecular weight is 490 g/mol. The second-order valence-electron chi connectivity index (χ2n) is 8.23. The van der Waals surface area contributed by atoms with Crippen molar-refractivity contribution < 1.29 is 24.3 Å². The molecule has 1 aromatic carbocycles. The third-order valence-electron chi connectivity index (χ3n) is 5.78. The minimum atomic E-state index is -1.16. The summed E-state index contributed by atoms with van der Waals surface area (Å²) in [5.74, 6) is -1.89. The molecule has 0 aliphatic carbocycles. The summed E-state index contributed by atoms with van der Waals surface area (Å²) in [6.07, 6.45) is 5.67. The molecule has 1 aliphatic rings. The first kappa shape index (κ1) is 25.6. The van der Waals surface area contributed by atoms with E-state index in [4.69, 9.17) is 0 Å². The zero-order valence-electron chi connectivity index (χ0n) is 19.1. The molecule has 0 saturated carbocycles. The van der Waals surface area contributed by atoms with Gasteiger partial charge in [0.05, 0.1) is 12.6 Å². The first-order valence-electron chi connectivity index (χ1n) is 11.3. The molecule has 3 unspecified atom stereocenters. The summed E-state index contributed by atoms with van der Waals surface area (Å²) in [6, 6.07) is 5.15. The number of amides is 3. The largest absolute Gasteiger partial charge is 0.480 e. The van der Waals surface area contributed by atoms with E-state index < -0.39 is 29.9 Å². The monoisotopic (exact) mass is 489 g/mol. The summed E-state index contributed by atoms with van der Waals surface area (Å²) < 4.78 is 0. The van der Waals surface area contributed by atoms with Gasteiger partial charge in [-0.1, -0.05) is 18.2 Å². The summed E-state index contributed by atoms with van der Waals surface area (Å²) in [6.45, 7) is 0.516. The summed E-state index contributed by atoms with van der Waals surface area (Å²) in [4.78, 5) is 52.4. The van der Waals surface area contributed by atoms with E-state index in [2.05, 4.69) is 26.3 Å². The highest BCUT2D eigenvalue weighted by Crippen LogP contribution is 2.19. The molecule has 6 N–H and O–H groups in total. The number of thioether (sulfide) groups is 1. The fourth-order valence-corrected chi connectivity index (χ4v) is 4.41. The number of carboxylic acids is 1. The van der Waals surface area contributed by atoms with E-state index in [9.17, 15) is 24.3 Å². The predicted octanol–water partition coefficient (Wildman–Crippen LogP) is 0.386. The average Bonchev–Trinajstić information content (AvgIpc) is 3.50. The molecule has 3 amide bonds. The van der Waals surface area contributed by atoms with Gasteiger partial charge in [-0.2, -0.15) is 11.8 Å². The molecule has 1 aromatic heterocycles. The maximum absolute atomic E-state index is 12.9. The van der Waals surface area contributed by atoms with Gasteiger partial charge in [0.2, 0.25) is 17.7 Å². The molecule has 0 spiro atoms. The molecule has 2 aromatic rings. The number of aromatic nitrogens is 1. The van der Waals surface area contributed by atoms with Gasteiger partial charge in [0, 0.05) is 23.5 Å². The molecule has 1 saturated heterocycles. The quantitative estimate of drug-likeness (QED) is 0.252. The highest BCUT2D eigenvalue weighted by molar-refractivity contribution is 7.98. The molecule has 3 atom stereocenters. The number of H-pyrrole nitrogens is 1. The van der Waals surface area contributed by atoms with Crippen LogP contribution in [-0.4, -0.2) is 77.0 Å². The Bertz CT molecular complexity index is 1020. The van der Waals surface area contributed by atoms with Gasteiger partial charge < -0.3 is 31.4 Å². The molecule has 10 nitrogen and oxygen atoms in total. The van der Waals surface area contributed by atoms with Gasteiger partial charge >= 0.3 is 5.97 Å². The maximum Gasteiger partial charge on any atom is 0.326 e. The van der Waals surface area contributed by atoms with Gasteiger partial charge in [-0.15, -0.1) is 0 Å². The first-order chi connectivity index (χ1) is 16.4. The fourth-order valence-electron chi connectivity index (χ4n) is 3.94. The van der Waals surface area contributed by atoms with Crippen molar-refractivity contribution in [2.45, 2.75) is 43.8 Å². The zero-order valence-corrected chi connectivity index (χ0v) is 19.9. The van der Waals surface area contributed by atoms with Crippen LogP contribution in [-0.2, 0) is 25.6 Å². The van der Waals surface area contributed by atoms with Gasteiger partial charge in [0.1, 0.15) is 12.1 Å². The van der Waals surface area contributed by atoms with Crippen LogP contribution in [0, 0.1) is 0 Å². The van der Waals surface area contributed by atoms with Crippen molar-refractivity contribution in [3.8, 4) is 0 Å². The number of carbonyl (C=O) groups is 4. The molecule has 1 aliphatic heterocycles. The van der Waals surface area contributed by atoms with E-state index in [1.54, 1.807) is 6.20 Å². The van der Waals surface area contributed by atoms with Crippen LogP contribution in [0.15, 0.2) is 30.5 Å². The second kappa shape index (κ2) is 12.4. The van der Waals surface area contributed by atoms with Crippen molar-refractivity contribution in [1.82, 2.24) is 26.3 Å². The lowest BCUT2D eigenvalue weighted by Crippen LogP contribution is -2.54. The van der Waals surface area contributed by atoms with Crippen molar-refractivity contribution in [2.75, 3.05) is 25.1 Å². The maximum atomic E-state index is 12.9. The number of carboxylic acid groups (broad SMARTS) is 1. The summed E-state index contributed by atoms with van der Waals surface area (Å²) in [7, 11) is 0. The Morgan fingerprint density at radius 1 is 1.18 bits per heavy atom. The number of benzene rings is 1. The van der Waals surface area contributed by atoms with Crippen LogP contribution in [0.4, 0.5) is 0 Å². The third-order valence-corrected chi connectivity index (χ3v) is 6.42. The minimum absolute atomic E-state index is 0.0960. The third kappa shape index (κ3) is 6.97. The molecule has 3 rings (SSSR count). The van der Waals surface area contributed by atoms with Crippen LogP contribution in [0.2, 0.25) is 0 Å². The number of para-hydroxylation sites is 1. The van der Waals surface area contributed by atoms with E-state index in [-0.39, 0.29) is 24.9 Å². The molecule has 1 fully saturated rings. The Hall–Kier alpha value is -3.05. The van der Waals surface area contributed by atoms with Crippen LogP contribution in [0.25, 0.3) is 10.9 Å². The van der Waals surface area contributed by atoms with Crippen LogP contribution in [0.5, 0.6) is 0 Å². The highest BCUT2D eigenvalue weighted by Gasteiger charge is 2.28. The molecule has 11 heteroatoms. The number of aliphatic carboxylic acids is 1. The zero-order chi connectivity index (χ0) is 24.5. The molecular formula is C23H31N5O5S. The molecule has 2 heterocycles. The van der Waals surface area contributed by atoms with Gasteiger partial charge in [0.15, 0.2) is 0 Å². The number of hydrogen-bond donors (Lipinski definition) is 6. The molecule has 0 radical (unpaired) electrons. The Morgan fingerprint density at radius 3 is 2.68 bits per heavy atom. The van der Waals surface area contributed by atoms with Crippen molar-refractivity contribution in [3.63, 3.8) is 0 Å². The van der Waals surface area contributed by atoms with E-state index in [0.717, 1.165) is 35.9 Å². The lowest BCUT2D eigenvalue weighted by atomic mass is 10.0. The van der Waals surface area contributed by atoms with Crippen molar-refractivity contribution in [1.29, 1.82) is 0 Å². The Kier molecular flexibility index (Phi) is 9.34. The Morgan fingerprint density at radius 2 is 1.97 bits per heavy atom. The number of fused-ring (bicyclic) bond motifs is 1. The van der Waals surface area contributed by atoms with Crippen molar-refractivity contribution in [2.24, 2.45) is 0 Å². The SMILES string of the molecule is CSCCC(NC(=O)CNC(=O)C1CCCN1)C(=O)NC(Cc1c[nH]c2ccccc12)C(=O)O. The van der Waals surface area contributed by atoms with E-state index >= 15 is 0 Å². The number of rotatable bonds is 12. The van der Waals surface area contributed by atoms with Gasteiger partial charge in [0.25, 0.3) is 0 Å². The molecule has 0 bridgehead atoms. The standard InChI is InChI=1S/C23H31N5O5S/c1-34-10-8-18(27-20(29)13-26-21(30)17-7-4-9-24-17)22(31)28-19(23(32)33)11-14-12-25-16-6-3-2-5-15(14)16/h2-3,5-6,12,17-19,24-25H,4,7-11,13H2,1H3,(H,26,30)(H,27,29)(H,28,31)(H,32,33). The lowest BCUT2D eigenvalue weighted by molar-refractivity contribution is -0.142. The smallest absolute Gasteiger partial charge is 0.326 e. The summed E-state index contributed by atoms with van der Waals surface area (Å²) in [5.41, 5.74) is 1.66.